The van der Waals surface area contributed by atoms with Gasteiger partial charge in [-0.1, -0.05) is 55.0 Å². The zero-order chi connectivity index (χ0) is 14.6. The van der Waals surface area contributed by atoms with Gasteiger partial charge in [0.25, 0.3) is 0 Å². The first kappa shape index (κ1) is 17.4. The highest BCUT2D eigenvalue weighted by Crippen LogP contribution is 2.42. The van der Waals surface area contributed by atoms with E-state index in [4.69, 9.17) is 0 Å². The van der Waals surface area contributed by atoms with Gasteiger partial charge in [0.05, 0.1) is 0 Å². The van der Waals surface area contributed by atoms with E-state index in [0.29, 0.717) is 5.41 Å². The van der Waals surface area contributed by atoms with Crippen LogP contribution in [0.1, 0.15) is 74.1 Å². The van der Waals surface area contributed by atoms with Crippen LogP contribution in [-0.4, -0.2) is 5.78 Å². The first-order valence-electron chi connectivity index (χ1n) is 7.13. The van der Waals surface area contributed by atoms with E-state index in [1.807, 2.05) is 0 Å². The molecule has 0 rings (SSSR count). The number of ketones is 1. The summed E-state index contributed by atoms with van der Waals surface area (Å²) in [7, 11) is 0. The van der Waals surface area contributed by atoms with Crippen molar-refractivity contribution in [3.05, 3.63) is 12.7 Å². The molecule has 0 aliphatic carbocycles. The normalized spacial score (nSPS) is 16.2. The molecule has 0 fully saturated rings. The topological polar surface area (TPSA) is 17.1 Å². The van der Waals surface area contributed by atoms with Crippen molar-refractivity contribution in [2.24, 2.45) is 16.2 Å². The van der Waals surface area contributed by atoms with Crippen LogP contribution in [0.25, 0.3) is 0 Å². The van der Waals surface area contributed by atoms with Gasteiger partial charge < -0.3 is 0 Å². The van der Waals surface area contributed by atoms with Crippen molar-refractivity contribution in [3.63, 3.8) is 0 Å². The fourth-order valence-corrected chi connectivity index (χ4v) is 2.49. The molecule has 1 nitrogen and oxygen atoms in total. The van der Waals surface area contributed by atoms with Crippen LogP contribution in [0, 0.1) is 16.2 Å². The lowest BCUT2D eigenvalue weighted by Gasteiger charge is -2.37. The van der Waals surface area contributed by atoms with Crippen LogP contribution in [0.15, 0.2) is 12.7 Å². The van der Waals surface area contributed by atoms with E-state index >= 15 is 0 Å². The average molecular weight is 252 g/mol. The Bertz CT molecular complexity index is 293. The average Bonchev–Trinajstić information content (AvgIpc) is 2.24. The molecule has 0 bridgehead atoms. The molecule has 0 N–H and O–H groups in total. The second-order valence-corrected chi connectivity index (χ2v) is 7.88. The number of hydrogen-bond donors (Lipinski definition) is 0. The fraction of sp³-hybridized carbons (Fsp3) is 0.824. The highest BCUT2D eigenvalue weighted by atomic mass is 16.1. The van der Waals surface area contributed by atoms with Crippen LogP contribution < -0.4 is 0 Å². The number of hydrogen-bond acceptors (Lipinski definition) is 1. The van der Waals surface area contributed by atoms with Crippen molar-refractivity contribution in [3.8, 4) is 0 Å². The molecule has 0 saturated heterocycles. The molecule has 0 aliphatic rings. The van der Waals surface area contributed by atoms with Gasteiger partial charge in [0, 0.05) is 5.41 Å². The first-order valence-corrected chi connectivity index (χ1v) is 7.13. The zero-order valence-electron chi connectivity index (χ0n) is 13.5. The summed E-state index contributed by atoms with van der Waals surface area (Å²) in [4.78, 5) is 12.0. The van der Waals surface area contributed by atoms with Crippen LogP contribution in [-0.2, 0) is 4.79 Å². The first-order chi connectivity index (χ1) is 7.96. The number of carbonyl (C=O) groups excluding carboxylic acids is 1. The van der Waals surface area contributed by atoms with E-state index in [9.17, 15) is 4.79 Å². The van der Waals surface area contributed by atoms with E-state index in [1.165, 1.54) is 12.5 Å². The summed E-state index contributed by atoms with van der Waals surface area (Å²) < 4.78 is 0. The predicted octanol–water partition coefficient (Wildman–Crippen LogP) is 5.40. The summed E-state index contributed by atoms with van der Waals surface area (Å²) >= 11 is 0. The minimum absolute atomic E-state index is 0.189. The number of rotatable bonds is 7. The fourth-order valence-electron chi connectivity index (χ4n) is 2.49. The zero-order valence-corrected chi connectivity index (χ0v) is 13.5. The Labute approximate surface area is 114 Å². The Morgan fingerprint density at radius 2 is 1.56 bits per heavy atom. The van der Waals surface area contributed by atoms with Crippen LogP contribution in [0.4, 0.5) is 0 Å². The highest BCUT2D eigenvalue weighted by molar-refractivity contribution is 5.94. The Morgan fingerprint density at radius 1 is 1.06 bits per heavy atom. The number of allylic oxidation sites excluding steroid dienone is 1. The van der Waals surface area contributed by atoms with E-state index < -0.39 is 0 Å². The lowest BCUT2D eigenvalue weighted by atomic mass is 9.67. The van der Waals surface area contributed by atoms with Crippen LogP contribution in [0.2, 0.25) is 0 Å². The smallest absolute Gasteiger partial charge is 0.160 e. The van der Waals surface area contributed by atoms with Crippen molar-refractivity contribution >= 4 is 5.78 Å². The molecular formula is C17H32O. The minimum Gasteiger partial charge on any atom is -0.294 e. The molecule has 106 valence electrons. The summed E-state index contributed by atoms with van der Waals surface area (Å²) in [5.74, 6) is 0.189. The summed E-state index contributed by atoms with van der Waals surface area (Å²) in [5.41, 5.74) is 0.322. The molecular weight excluding hydrogens is 220 g/mol. The van der Waals surface area contributed by atoms with Gasteiger partial charge in [-0.05, 0) is 42.6 Å². The SMILES string of the molecule is C=CC(=O)C(C)(CC)CC(C)(C)CCC(C)(C)C. The van der Waals surface area contributed by atoms with E-state index in [2.05, 4.69) is 55.0 Å². The van der Waals surface area contributed by atoms with Gasteiger partial charge in [0.1, 0.15) is 0 Å². The molecule has 18 heavy (non-hydrogen) atoms. The van der Waals surface area contributed by atoms with E-state index in [0.717, 1.165) is 19.3 Å². The van der Waals surface area contributed by atoms with Crippen LogP contribution in [0.3, 0.4) is 0 Å². The lowest BCUT2D eigenvalue weighted by molar-refractivity contribution is -0.125. The second-order valence-electron chi connectivity index (χ2n) is 7.88. The van der Waals surface area contributed by atoms with E-state index in [1.54, 1.807) is 0 Å². The molecule has 1 unspecified atom stereocenters. The summed E-state index contributed by atoms with van der Waals surface area (Å²) in [6, 6.07) is 0. The third kappa shape index (κ3) is 5.84. The number of carbonyl (C=O) groups is 1. The molecule has 0 aromatic carbocycles. The molecule has 0 spiro atoms. The Hall–Kier alpha value is -0.590. The van der Waals surface area contributed by atoms with Crippen LogP contribution >= 0.6 is 0 Å². The van der Waals surface area contributed by atoms with Gasteiger partial charge in [-0.25, -0.2) is 0 Å². The van der Waals surface area contributed by atoms with Gasteiger partial charge in [0.15, 0.2) is 5.78 Å². The third-order valence-corrected chi connectivity index (χ3v) is 3.98. The van der Waals surface area contributed by atoms with Crippen molar-refractivity contribution in [1.82, 2.24) is 0 Å². The molecule has 0 amide bonds. The van der Waals surface area contributed by atoms with Crippen LogP contribution in [0.5, 0.6) is 0 Å². The minimum atomic E-state index is -0.247. The van der Waals surface area contributed by atoms with E-state index in [-0.39, 0.29) is 16.6 Å². The molecule has 0 heterocycles. The summed E-state index contributed by atoms with van der Waals surface area (Å²) in [6.45, 7) is 19.2. The van der Waals surface area contributed by atoms with Gasteiger partial charge in [-0.15, -0.1) is 0 Å². The molecule has 0 aliphatic heterocycles. The monoisotopic (exact) mass is 252 g/mol. The van der Waals surface area contributed by atoms with Gasteiger partial charge in [0.2, 0.25) is 0 Å². The molecule has 0 saturated carbocycles. The van der Waals surface area contributed by atoms with Crippen molar-refractivity contribution in [2.45, 2.75) is 74.1 Å². The van der Waals surface area contributed by atoms with Crippen molar-refractivity contribution in [1.29, 1.82) is 0 Å². The second kappa shape index (κ2) is 6.04. The Kier molecular flexibility index (Phi) is 5.84. The maximum absolute atomic E-state index is 12.0. The highest BCUT2D eigenvalue weighted by Gasteiger charge is 2.35. The van der Waals surface area contributed by atoms with Gasteiger partial charge in [-0.2, -0.15) is 0 Å². The summed E-state index contributed by atoms with van der Waals surface area (Å²) in [5, 5.41) is 0. The Morgan fingerprint density at radius 3 is 1.89 bits per heavy atom. The standard InChI is InChI=1S/C17H32O/c1-9-14(18)17(8,10-2)13-16(6,7)12-11-15(3,4)5/h9H,1,10-13H2,2-8H3. The predicted molar refractivity (Wildman–Crippen MR) is 80.7 cm³/mol. The molecule has 0 radical (unpaired) electrons. The third-order valence-electron chi connectivity index (χ3n) is 3.98. The molecule has 1 atom stereocenters. The molecule has 1 heteroatoms. The Balaban J connectivity index is 4.72. The maximum atomic E-state index is 12.0. The largest absolute Gasteiger partial charge is 0.294 e. The maximum Gasteiger partial charge on any atom is 0.160 e. The van der Waals surface area contributed by atoms with Gasteiger partial charge in [-0.3, -0.25) is 4.79 Å². The molecule has 0 aromatic heterocycles. The van der Waals surface area contributed by atoms with Crippen molar-refractivity contribution in [2.75, 3.05) is 0 Å². The van der Waals surface area contributed by atoms with Gasteiger partial charge >= 0.3 is 0 Å². The van der Waals surface area contributed by atoms with Crippen molar-refractivity contribution < 1.29 is 4.79 Å². The quantitative estimate of drug-likeness (QED) is 0.554. The molecule has 0 aromatic rings. The lowest BCUT2D eigenvalue weighted by Crippen LogP contribution is -2.32. The summed E-state index contributed by atoms with van der Waals surface area (Å²) in [6.07, 6.45) is 5.68.